The van der Waals surface area contributed by atoms with Crippen LogP contribution in [0.2, 0.25) is 0 Å². The van der Waals surface area contributed by atoms with Crippen molar-refractivity contribution >= 4 is 28.2 Å². The van der Waals surface area contributed by atoms with Crippen LogP contribution in [0.15, 0.2) is 55.0 Å². The zero-order valence-corrected chi connectivity index (χ0v) is 15.1. The Morgan fingerprint density at radius 2 is 1.96 bits per heavy atom. The van der Waals surface area contributed by atoms with E-state index in [2.05, 4.69) is 42.1 Å². The number of pyridine rings is 1. The van der Waals surface area contributed by atoms with Crippen molar-refractivity contribution in [3.63, 3.8) is 0 Å². The van der Waals surface area contributed by atoms with Crippen molar-refractivity contribution in [1.82, 2.24) is 25.4 Å². The third kappa shape index (κ3) is 3.69. The number of amides is 2. The van der Waals surface area contributed by atoms with E-state index in [0.29, 0.717) is 32.6 Å². The van der Waals surface area contributed by atoms with Crippen LogP contribution < -0.4 is 10.6 Å². The van der Waals surface area contributed by atoms with Gasteiger partial charge in [0.15, 0.2) is 0 Å². The van der Waals surface area contributed by atoms with E-state index >= 15 is 0 Å². The molecule has 4 aromatic rings. The lowest BCUT2D eigenvalue weighted by atomic mass is 10.0. The molecule has 28 heavy (non-hydrogen) atoms. The molecule has 0 unspecified atom stereocenters. The number of rotatable bonds is 4. The predicted octanol–water partition coefficient (Wildman–Crippen LogP) is 3.51. The van der Waals surface area contributed by atoms with E-state index in [4.69, 9.17) is 0 Å². The van der Waals surface area contributed by atoms with Gasteiger partial charge in [-0.25, -0.2) is 4.79 Å². The van der Waals surface area contributed by atoms with E-state index in [-0.39, 0.29) is 0 Å². The van der Waals surface area contributed by atoms with Gasteiger partial charge in [0.2, 0.25) is 5.13 Å². The summed E-state index contributed by atoms with van der Waals surface area (Å²) in [5.74, 6) is 0. The zero-order chi connectivity index (χ0) is 19.3. The van der Waals surface area contributed by atoms with Gasteiger partial charge in [-0.15, -0.1) is 10.2 Å². The molecule has 0 atom stereocenters. The highest BCUT2D eigenvalue weighted by molar-refractivity contribution is 7.18. The van der Waals surface area contributed by atoms with E-state index in [1.165, 1.54) is 11.3 Å². The molecule has 9 nitrogen and oxygen atoms in total. The monoisotopic (exact) mass is 388 g/mol. The van der Waals surface area contributed by atoms with Gasteiger partial charge in [0.05, 0.1) is 17.3 Å². The van der Waals surface area contributed by atoms with E-state index in [1.807, 2.05) is 12.1 Å². The highest BCUT2D eigenvalue weighted by Gasteiger charge is 2.12. The maximum atomic E-state index is 12.2. The molecule has 0 spiro atoms. The van der Waals surface area contributed by atoms with Gasteiger partial charge in [0.1, 0.15) is 5.01 Å². The number of hydrogen-bond acceptors (Lipinski definition) is 7. The third-order valence-corrected chi connectivity index (χ3v) is 4.64. The van der Waals surface area contributed by atoms with Crippen LogP contribution in [-0.2, 0) is 0 Å². The van der Waals surface area contributed by atoms with E-state index < -0.39 is 6.03 Å². The Morgan fingerprint density at radius 1 is 1.11 bits per heavy atom. The molecule has 10 heteroatoms. The molecule has 3 heterocycles. The molecule has 0 bridgehead atoms. The fourth-order valence-electron chi connectivity index (χ4n) is 2.49. The molecule has 3 N–H and O–H groups in total. The van der Waals surface area contributed by atoms with Crippen LogP contribution in [0.5, 0.6) is 0 Å². The van der Waals surface area contributed by atoms with Gasteiger partial charge in [-0.3, -0.25) is 15.4 Å². The van der Waals surface area contributed by atoms with Crippen molar-refractivity contribution in [1.29, 1.82) is 5.26 Å². The summed E-state index contributed by atoms with van der Waals surface area (Å²) in [7, 11) is 0. The Hall–Kier alpha value is -4.10. The van der Waals surface area contributed by atoms with Crippen LogP contribution in [0.3, 0.4) is 0 Å². The number of nitriles is 1. The highest BCUT2D eigenvalue weighted by Crippen LogP contribution is 2.26. The Bertz CT molecular complexity index is 1150. The molecule has 1 aromatic carbocycles. The van der Waals surface area contributed by atoms with Gasteiger partial charge in [-0.1, -0.05) is 11.3 Å². The fourth-order valence-corrected chi connectivity index (χ4v) is 3.24. The highest BCUT2D eigenvalue weighted by atomic mass is 32.1. The third-order valence-electron chi connectivity index (χ3n) is 3.75. The normalized spacial score (nSPS) is 10.2. The number of anilines is 2. The van der Waals surface area contributed by atoms with Crippen LogP contribution in [0.25, 0.3) is 21.8 Å². The molecular weight excluding hydrogens is 376 g/mol. The summed E-state index contributed by atoms with van der Waals surface area (Å²) in [4.78, 5) is 16.2. The summed E-state index contributed by atoms with van der Waals surface area (Å²) < 4.78 is 0. The Kier molecular flexibility index (Phi) is 4.73. The number of nitrogens with zero attached hydrogens (tertiary/aromatic N) is 5. The zero-order valence-electron chi connectivity index (χ0n) is 14.2. The number of aromatic amines is 1. The van der Waals surface area contributed by atoms with Crippen molar-refractivity contribution in [3.05, 3.63) is 60.6 Å². The quantitative estimate of drug-likeness (QED) is 0.490. The summed E-state index contributed by atoms with van der Waals surface area (Å²) >= 11 is 1.25. The van der Waals surface area contributed by atoms with Gasteiger partial charge in [-0.2, -0.15) is 10.4 Å². The minimum Gasteiger partial charge on any atom is -0.308 e. The summed E-state index contributed by atoms with van der Waals surface area (Å²) in [6.45, 7) is 0. The topological polar surface area (TPSA) is 132 Å². The molecule has 0 radical (unpaired) electrons. The molecular formula is C18H12N8OS. The summed E-state index contributed by atoms with van der Waals surface area (Å²) in [5, 5.41) is 30.6. The largest absolute Gasteiger partial charge is 0.325 e. The first-order valence-electron chi connectivity index (χ1n) is 8.09. The number of aromatic nitrogens is 5. The van der Waals surface area contributed by atoms with Gasteiger partial charge in [0, 0.05) is 35.4 Å². The number of carbonyl (C=O) groups excluding carboxylic acids is 1. The summed E-state index contributed by atoms with van der Waals surface area (Å²) in [6.07, 6.45) is 5.00. The molecule has 0 saturated heterocycles. The standard InChI is InChI=1S/C18H12N8OS/c19-10-12-9-13(1-2-14(12)15-5-8-21-24-15)22-17(27)23-18-26-25-16(28-18)11-3-6-20-7-4-11/h1-9H,(H,21,24)(H2,22,23,26,27). The van der Waals surface area contributed by atoms with Crippen LogP contribution in [0.1, 0.15) is 5.56 Å². The summed E-state index contributed by atoms with van der Waals surface area (Å²) in [6, 6.07) is 12.1. The Balaban J connectivity index is 1.46. The van der Waals surface area contributed by atoms with Gasteiger partial charge >= 0.3 is 6.03 Å². The molecule has 0 aliphatic rings. The van der Waals surface area contributed by atoms with Crippen LogP contribution in [-0.4, -0.2) is 31.4 Å². The number of carbonyl (C=O) groups is 1. The van der Waals surface area contributed by atoms with Crippen molar-refractivity contribution in [2.45, 2.75) is 0 Å². The maximum absolute atomic E-state index is 12.2. The van der Waals surface area contributed by atoms with E-state index in [0.717, 1.165) is 5.56 Å². The van der Waals surface area contributed by atoms with Crippen molar-refractivity contribution in [2.24, 2.45) is 0 Å². The number of nitrogens with one attached hydrogen (secondary N) is 3. The van der Waals surface area contributed by atoms with E-state index in [1.54, 1.807) is 42.9 Å². The van der Waals surface area contributed by atoms with Crippen molar-refractivity contribution in [3.8, 4) is 27.9 Å². The first-order valence-corrected chi connectivity index (χ1v) is 8.91. The second kappa shape index (κ2) is 7.65. The number of benzene rings is 1. The molecule has 0 aliphatic carbocycles. The van der Waals surface area contributed by atoms with Crippen LogP contribution in [0.4, 0.5) is 15.6 Å². The lowest BCUT2D eigenvalue weighted by Crippen LogP contribution is -2.19. The van der Waals surface area contributed by atoms with Crippen LogP contribution in [0, 0.1) is 11.3 Å². The van der Waals surface area contributed by atoms with Crippen molar-refractivity contribution in [2.75, 3.05) is 10.6 Å². The van der Waals surface area contributed by atoms with Crippen molar-refractivity contribution < 1.29 is 4.79 Å². The smallest absolute Gasteiger partial charge is 0.308 e. The second-order valence-corrected chi connectivity index (χ2v) is 6.54. The average Bonchev–Trinajstić information content (AvgIpc) is 3.41. The molecule has 0 aliphatic heterocycles. The molecule has 4 rings (SSSR count). The predicted molar refractivity (Wildman–Crippen MR) is 105 cm³/mol. The number of urea groups is 1. The molecule has 0 fully saturated rings. The Morgan fingerprint density at radius 3 is 2.71 bits per heavy atom. The maximum Gasteiger partial charge on any atom is 0.325 e. The number of hydrogen-bond donors (Lipinski definition) is 3. The van der Waals surface area contributed by atoms with Gasteiger partial charge in [-0.05, 0) is 36.4 Å². The number of H-pyrrole nitrogens is 1. The minimum absolute atomic E-state index is 0.359. The first-order chi connectivity index (χ1) is 13.7. The molecule has 2 amide bonds. The first kappa shape index (κ1) is 17.3. The molecule has 136 valence electrons. The van der Waals surface area contributed by atoms with Crippen LogP contribution >= 0.6 is 11.3 Å². The second-order valence-electron chi connectivity index (χ2n) is 5.56. The average molecular weight is 388 g/mol. The van der Waals surface area contributed by atoms with E-state index in [9.17, 15) is 10.1 Å². The van der Waals surface area contributed by atoms with Gasteiger partial charge < -0.3 is 5.32 Å². The Labute approximate surface area is 163 Å². The lowest BCUT2D eigenvalue weighted by Gasteiger charge is -2.07. The molecule has 0 saturated carbocycles. The SMILES string of the molecule is N#Cc1cc(NC(=O)Nc2nnc(-c3ccncc3)s2)ccc1-c1cc[nH]n1. The fraction of sp³-hybridized carbons (Fsp3) is 0. The summed E-state index contributed by atoms with van der Waals surface area (Å²) in [5.41, 5.74) is 3.09. The lowest BCUT2D eigenvalue weighted by molar-refractivity contribution is 0.262. The minimum atomic E-state index is -0.478. The molecule has 3 aromatic heterocycles. The van der Waals surface area contributed by atoms with Gasteiger partial charge in [0.25, 0.3) is 0 Å².